The quantitative estimate of drug-likeness (QED) is 0.402. The Labute approximate surface area is 172 Å². The maximum atomic E-state index is 5.29. The molecule has 0 radical (unpaired) electrons. The van der Waals surface area contributed by atoms with Gasteiger partial charge in [-0.1, -0.05) is 18.2 Å². The Morgan fingerprint density at radius 1 is 1.35 bits per heavy atom. The van der Waals surface area contributed by atoms with Crippen molar-refractivity contribution in [3.63, 3.8) is 0 Å². The molecule has 1 aliphatic rings. The van der Waals surface area contributed by atoms with Crippen LogP contribution in [0.3, 0.4) is 0 Å². The summed E-state index contributed by atoms with van der Waals surface area (Å²) in [7, 11) is 1.77. The van der Waals surface area contributed by atoms with Gasteiger partial charge in [0.15, 0.2) is 5.96 Å². The number of hydrogen-bond donors (Lipinski definition) is 1. The molecule has 1 aliphatic heterocycles. The van der Waals surface area contributed by atoms with Crippen LogP contribution in [0.1, 0.15) is 18.9 Å². The van der Waals surface area contributed by atoms with Crippen molar-refractivity contribution in [2.24, 2.45) is 10.9 Å². The molecular formula is C19H28IN5O. The average molecular weight is 469 g/mol. The SMILES string of the molecule is CCNC(=NCc1cnn(-c2ccccc2)c1)N1CCC(COC)C1.I. The lowest BCUT2D eigenvalue weighted by molar-refractivity contribution is 0.157. The van der Waals surface area contributed by atoms with Crippen LogP contribution >= 0.6 is 24.0 Å². The highest BCUT2D eigenvalue weighted by Crippen LogP contribution is 2.17. The van der Waals surface area contributed by atoms with Crippen LogP contribution in [0.15, 0.2) is 47.7 Å². The highest BCUT2D eigenvalue weighted by Gasteiger charge is 2.24. The lowest BCUT2D eigenvalue weighted by atomic mass is 10.1. The maximum absolute atomic E-state index is 5.29. The minimum atomic E-state index is 0. The molecule has 1 saturated heterocycles. The summed E-state index contributed by atoms with van der Waals surface area (Å²) in [5.74, 6) is 1.57. The minimum absolute atomic E-state index is 0. The zero-order valence-corrected chi connectivity index (χ0v) is 17.8. The molecule has 2 heterocycles. The summed E-state index contributed by atoms with van der Waals surface area (Å²) < 4.78 is 7.18. The molecule has 26 heavy (non-hydrogen) atoms. The lowest BCUT2D eigenvalue weighted by Crippen LogP contribution is -2.40. The number of nitrogens with one attached hydrogen (secondary N) is 1. The van der Waals surface area contributed by atoms with Crippen LogP contribution in [0.25, 0.3) is 5.69 Å². The third kappa shape index (κ3) is 5.44. The fourth-order valence-corrected chi connectivity index (χ4v) is 3.15. The number of aliphatic imine (C=N–C) groups is 1. The first-order valence-electron chi connectivity index (χ1n) is 8.91. The molecule has 1 fully saturated rings. The van der Waals surface area contributed by atoms with E-state index in [1.165, 1.54) is 0 Å². The summed E-state index contributed by atoms with van der Waals surface area (Å²) in [6, 6.07) is 10.1. The van der Waals surface area contributed by atoms with E-state index in [0.717, 1.165) is 49.9 Å². The molecule has 6 nitrogen and oxygen atoms in total. The van der Waals surface area contributed by atoms with Crippen LogP contribution in [-0.2, 0) is 11.3 Å². The second-order valence-electron chi connectivity index (χ2n) is 6.35. The van der Waals surface area contributed by atoms with E-state index in [1.807, 2.05) is 47.4 Å². The van der Waals surface area contributed by atoms with Gasteiger partial charge in [0.25, 0.3) is 0 Å². The Bertz CT molecular complexity index is 688. The largest absolute Gasteiger partial charge is 0.384 e. The maximum Gasteiger partial charge on any atom is 0.194 e. The Morgan fingerprint density at radius 3 is 2.88 bits per heavy atom. The van der Waals surface area contributed by atoms with Crippen molar-refractivity contribution in [2.45, 2.75) is 19.9 Å². The first kappa shape index (κ1) is 20.7. The number of rotatable bonds is 6. The van der Waals surface area contributed by atoms with E-state index in [4.69, 9.17) is 9.73 Å². The molecule has 1 atom stereocenters. The molecule has 0 aliphatic carbocycles. The van der Waals surface area contributed by atoms with Crippen molar-refractivity contribution in [3.05, 3.63) is 48.3 Å². The Morgan fingerprint density at radius 2 is 2.15 bits per heavy atom. The van der Waals surface area contributed by atoms with Crippen molar-refractivity contribution in [3.8, 4) is 5.69 Å². The number of methoxy groups -OCH3 is 1. The third-order valence-electron chi connectivity index (χ3n) is 4.39. The van der Waals surface area contributed by atoms with Crippen molar-refractivity contribution < 1.29 is 4.74 Å². The van der Waals surface area contributed by atoms with E-state index in [2.05, 4.69) is 22.2 Å². The van der Waals surface area contributed by atoms with E-state index < -0.39 is 0 Å². The molecule has 2 aromatic rings. The Balaban J connectivity index is 0.00000243. The second-order valence-corrected chi connectivity index (χ2v) is 6.35. The molecule has 1 aromatic carbocycles. The molecule has 0 amide bonds. The summed E-state index contributed by atoms with van der Waals surface area (Å²) in [5.41, 5.74) is 2.17. The molecule has 1 unspecified atom stereocenters. The molecule has 142 valence electrons. The highest BCUT2D eigenvalue weighted by atomic mass is 127. The van der Waals surface area contributed by atoms with E-state index in [9.17, 15) is 0 Å². The minimum Gasteiger partial charge on any atom is -0.384 e. The van der Waals surface area contributed by atoms with Crippen LogP contribution in [0.5, 0.6) is 0 Å². The van der Waals surface area contributed by atoms with Crippen molar-refractivity contribution in [1.29, 1.82) is 0 Å². The number of guanidine groups is 1. The Kier molecular flexibility index (Phi) is 8.37. The monoisotopic (exact) mass is 469 g/mol. The number of aromatic nitrogens is 2. The molecule has 1 aromatic heterocycles. The Hall–Kier alpha value is -1.61. The van der Waals surface area contributed by atoms with Crippen molar-refractivity contribution in [2.75, 3.05) is 33.4 Å². The smallest absolute Gasteiger partial charge is 0.194 e. The molecule has 7 heteroatoms. The van der Waals surface area contributed by atoms with Crippen LogP contribution < -0.4 is 5.32 Å². The normalized spacial score (nSPS) is 17.2. The van der Waals surface area contributed by atoms with Gasteiger partial charge >= 0.3 is 0 Å². The first-order valence-corrected chi connectivity index (χ1v) is 8.91. The number of hydrogen-bond acceptors (Lipinski definition) is 3. The average Bonchev–Trinajstić information content (AvgIpc) is 3.29. The number of benzene rings is 1. The topological polar surface area (TPSA) is 54.7 Å². The molecule has 0 spiro atoms. The summed E-state index contributed by atoms with van der Waals surface area (Å²) in [4.78, 5) is 7.13. The van der Waals surface area contributed by atoms with E-state index in [0.29, 0.717) is 12.5 Å². The van der Waals surface area contributed by atoms with Crippen molar-refractivity contribution in [1.82, 2.24) is 20.0 Å². The number of ether oxygens (including phenoxy) is 1. The number of para-hydroxylation sites is 1. The molecule has 0 saturated carbocycles. The second kappa shape index (κ2) is 10.5. The highest BCUT2D eigenvalue weighted by molar-refractivity contribution is 14.0. The van der Waals surface area contributed by atoms with Crippen LogP contribution in [0.4, 0.5) is 0 Å². The van der Waals surface area contributed by atoms with E-state index in [1.54, 1.807) is 7.11 Å². The summed E-state index contributed by atoms with van der Waals surface area (Å²) in [6.07, 6.45) is 5.09. The first-order chi connectivity index (χ1) is 12.3. The van der Waals surface area contributed by atoms with Gasteiger partial charge in [-0.3, -0.25) is 0 Å². The van der Waals surface area contributed by atoms with Crippen LogP contribution in [0, 0.1) is 5.92 Å². The third-order valence-corrected chi connectivity index (χ3v) is 4.39. The fourth-order valence-electron chi connectivity index (χ4n) is 3.15. The molecule has 3 rings (SSSR count). The van der Waals surface area contributed by atoms with E-state index in [-0.39, 0.29) is 24.0 Å². The van der Waals surface area contributed by atoms with Gasteiger partial charge in [-0.15, -0.1) is 24.0 Å². The number of likely N-dealkylation sites (tertiary alicyclic amines) is 1. The van der Waals surface area contributed by atoms with Gasteiger partial charge in [0.1, 0.15) is 0 Å². The van der Waals surface area contributed by atoms with Crippen molar-refractivity contribution >= 4 is 29.9 Å². The zero-order valence-electron chi connectivity index (χ0n) is 15.5. The summed E-state index contributed by atoms with van der Waals surface area (Å²) in [5, 5.41) is 7.84. The van der Waals surface area contributed by atoms with Gasteiger partial charge in [-0.25, -0.2) is 9.67 Å². The fraction of sp³-hybridized carbons (Fsp3) is 0.474. The predicted molar refractivity (Wildman–Crippen MR) is 115 cm³/mol. The summed E-state index contributed by atoms with van der Waals surface area (Å²) in [6.45, 7) is 6.45. The number of nitrogens with zero attached hydrogens (tertiary/aromatic N) is 4. The van der Waals surface area contributed by atoms with Crippen LogP contribution in [-0.4, -0.2) is 54.0 Å². The van der Waals surface area contributed by atoms with Gasteiger partial charge in [-0.2, -0.15) is 5.10 Å². The standard InChI is InChI=1S/C19H27N5O.HI/c1-3-20-19(23-10-9-16(13-23)15-25-2)21-11-17-12-22-24(14-17)18-7-5-4-6-8-18;/h4-8,12,14,16H,3,9-11,13,15H2,1-2H3,(H,20,21);1H. The predicted octanol–water partition coefficient (Wildman–Crippen LogP) is 2.92. The molecule has 0 bridgehead atoms. The van der Waals surface area contributed by atoms with Gasteiger partial charge < -0.3 is 15.0 Å². The van der Waals surface area contributed by atoms with Gasteiger partial charge in [0, 0.05) is 44.4 Å². The zero-order chi connectivity index (χ0) is 17.5. The number of halogens is 1. The van der Waals surface area contributed by atoms with E-state index >= 15 is 0 Å². The summed E-state index contributed by atoms with van der Waals surface area (Å²) >= 11 is 0. The van der Waals surface area contributed by atoms with Gasteiger partial charge in [-0.05, 0) is 25.5 Å². The van der Waals surface area contributed by atoms with Gasteiger partial charge in [0.05, 0.1) is 25.0 Å². The lowest BCUT2D eigenvalue weighted by Gasteiger charge is -2.21. The van der Waals surface area contributed by atoms with Gasteiger partial charge in [0.2, 0.25) is 0 Å². The molecular weight excluding hydrogens is 441 g/mol. The van der Waals surface area contributed by atoms with Crippen LogP contribution in [0.2, 0.25) is 0 Å². The molecule has 1 N–H and O–H groups in total.